The maximum Gasteiger partial charge on any atom is 0.160 e. The second-order valence-electron chi connectivity index (χ2n) is 6.62. The van der Waals surface area contributed by atoms with E-state index in [1.165, 1.54) is 25.3 Å². The normalized spacial score (nSPS) is 11.3. The van der Waals surface area contributed by atoms with Crippen LogP contribution in [0.3, 0.4) is 0 Å². The Morgan fingerprint density at radius 1 is 0.840 bits per heavy atom. The molecule has 0 saturated heterocycles. The van der Waals surface area contributed by atoms with Crippen molar-refractivity contribution in [3.8, 4) is 11.5 Å². The first kappa shape index (κ1) is 21.8. The van der Waals surface area contributed by atoms with Crippen molar-refractivity contribution < 1.29 is 19.7 Å². The lowest BCUT2D eigenvalue weighted by atomic mass is 10.0. The third-order valence-electron chi connectivity index (χ3n) is 4.25. The second-order valence-corrected chi connectivity index (χ2v) is 6.62. The first-order chi connectivity index (χ1) is 12.2. The molecule has 25 heavy (non-hydrogen) atoms. The van der Waals surface area contributed by atoms with Gasteiger partial charge in [-0.3, -0.25) is 0 Å². The topological polar surface area (TPSA) is 58.9 Å². The summed E-state index contributed by atoms with van der Waals surface area (Å²) in [5.41, 5.74) is 0.837. The van der Waals surface area contributed by atoms with Crippen LogP contribution >= 0.6 is 0 Å². The van der Waals surface area contributed by atoms with Gasteiger partial charge in [-0.2, -0.15) is 0 Å². The zero-order chi connectivity index (χ0) is 18.3. The number of phenolic OH excluding ortho intramolecular Hbond substituents is 2. The third kappa shape index (κ3) is 9.71. The van der Waals surface area contributed by atoms with Gasteiger partial charge in [-0.1, -0.05) is 51.7 Å². The summed E-state index contributed by atoms with van der Waals surface area (Å²) in [5.74, 6) is 0.00957. The standard InChI is InChI=1S/C21H36O4/c1-3-16-24-20(25-17-4-2)15-10-8-6-5-7-9-12-18-13-11-14-19(22)21(18)23/h11,13-14,20,22-23H,3-10,12,15-17H2,1-2H3. The number of aromatic hydroxyl groups is 2. The monoisotopic (exact) mass is 352 g/mol. The van der Waals surface area contributed by atoms with E-state index in [4.69, 9.17) is 9.47 Å². The van der Waals surface area contributed by atoms with E-state index in [2.05, 4.69) is 13.8 Å². The van der Waals surface area contributed by atoms with E-state index in [-0.39, 0.29) is 17.8 Å². The van der Waals surface area contributed by atoms with Gasteiger partial charge in [0.05, 0.1) is 0 Å². The smallest absolute Gasteiger partial charge is 0.160 e. The highest BCUT2D eigenvalue weighted by atomic mass is 16.7. The first-order valence-electron chi connectivity index (χ1n) is 9.92. The predicted molar refractivity (Wildman–Crippen MR) is 102 cm³/mol. The van der Waals surface area contributed by atoms with E-state index in [1.807, 2.05) is 6.07 Å². The number of rotatable bonds is 15. The zero-order valence-corrected chi connectivity index (χ0v) is 16.0. The van der Waals surface area contributed by atoms with E-state index in [0.717, 1.165) is 63.7 Å². The summed E-state index contributed by atoms with van der Waals surface area (Å²) in [4.78, 5) is 0. The van der Waals surface area contributed by atoms with Crippen molar-refractivity contribution in [2.24, 2.45) is 0 Å². The Morgan fingerprint density at radius 3 is 2.08 bits per heavy atom. The van der Waals surface area contributed by atoms with Crippen molar-refractivity contribution in [3.63, 3.8) is 0 Å². The molecule has 0 unspecified atom stereocenters. The second kappa shape index (κ2) is 14.0. The Bertz CT molecular complexity index is 440. The van der Waals surface area contributed by atoms with Crippen LogP contribution in [0.25, 0.3) is 0 Å². The van der Waals surface area contributed by atoms with Gasteiger partial charge >= 0.3 is 0 Å². The largest absolute Gasteiger partial charge is 0.504 e. The fraction of sp³-hybridized carbons (Fsp3) is 0.714. The van der Waals surface area contributed by atoms with Gasteiger partial charge in [-0.15, -0.1) is 0 Å². The van der Waals surface area contributed by atoms with E-state index in [0.29, 0.717) is 0 Å². The molecule has 0 aliphatic heterocycles. The van der Waals surface area contributed by atoms with Gasteiger partial charge in [0.15, 0.2) is 17.8 Å². The minimum atomic E-state index is -0.0337. The molecule has 1 aromatic carbocycles. The van der Waals surface area contributed by atoms with Gasteiger partial charge in [0.25, 0.3) is 0 Å². The number of benzene rings is 1. The molecule has 0 spiro atoms. The van der Waals surface area contributed by atoms with E-state index >= 15 is 0 Å². The fourth-order valence-electron chi connectivity index (χ4n) is 2.83. The van der Waals surface area contributed by atoms with Crippen LogP contribution in [0.4, 0.5) is 0 Å². The van der Waals surface area contributed by atoms with Gasteiger partial charge in [0.1, 0.15) is 0 Å². The Morgan fingerprint density at radius 2 is 1.44 bits per heavy atom. The molecule has 0 saturated carbocycles. The summed E-state index contributed by atoms with van der Waals surface area (Å²) < 4.78 is 11.5. The number of hydrogen-bond acceptors (Lipinski definition) is 4. The van der Waals surface area contributed by atoms with Crippen molar-refractivity contribution in [1.29, 1.82) is 0 Å². The molecule has 0 bridgehead atoms. The summed E-state index contributed by atoms with van der Waals surface area (Å²) >= 11 is 0. The summed E-state index contributed by atoms with van der Waals surface area (Å²) in [7, 11) is 0. The van der Waals surface area contributed by atoms with Crippen LogP contribution in [0.5, 0.6) is 11.5 Å². The van der Waals surface area contributed by atoms with E-state index in [9.17, 15) is 10.2 Å². The molecule has 0 fully saturated rings. The Hall–Kier alpha value is -1.26. The Labute approximate surface area is 153 Å². The highest BCUT2D eigenvalue weighted by molar-refractivity contribution is 5.44. The molecule has 1 rings (SSSR count). The Kier molecular flexibility index (Phi) is 12.2. The summed E-state index contributed by atoms with van der Waals surface area (Å²) in [5, 5.41) is 19.3. The maximum absolute atomic E-state index is 9.77. The predicted octanol–water partition coefficient (Wildman–Crippen LogP) is 5.55. The van der Waals surface area contributed by atoms with Crippen molar-refractivity contribution >= 4 is 0 Å². The molecular formula is C21H36O4. The molecule has 0 radical (unpaired) electrons. The van der Waals surface area contributed by atoms with Crippen molar-refractivity contribution in [2.75, 3.05) is 13.2 Å². The number of aryl methyl sites for hydroxylation is 1. The lowest BCUT2D eigenvalue weighted by Crippen LogP contribution is -2.18. The van der Waals surface area contributed by atoms with Crippen LogP contribution in [-0.2, 0) is 15.9 Å². The highest BCUT2D eigenvalue weighted by Gasteiger charge is 2.08. The summed E-state index contributed by atoms with van der Waals surface area (Å²) in [6.45, 7) is 5.79. The van der Waals surface area contributed by atoms with Crippen LogP contribution in [0.15, 0.2) is 18.2 Å². The number of ether oxygens (including phenoxy) is 2. The molecule has 0 amide bonds. The SMILES string of the molecule is CCCOC(CCCCCCCCc1cccc(O)c1O)OCCC. The van der Waals surface area contributed by atoms with Crippen LogP contribution in [0.1, 0.15) is 77.2 Å². The molecule has 0 aliphatic rings. The molecule has 144 valence electrons. The third-order valence-corrected chi connectivity index (χ3v) is 4.25. The molecule has 0 atom stereocenters. The number of phenols is 2. The zero-order valence-electron chi connectivity index (χ0n) is 16.0. The van der Waals surface area contributed by atoms with Crippen molar-refractivity contribution in [1.82, 2.24) is 0 Å². The van der Waals surface area contributed by atoms with Gasteiger partial charge in [-0.25, -0.2) is 0 Å². The molecule has 2 N–H and O–H groups in total. The van der Waals surface area contributed by atoms with Crippen LogP contribution in [-0.4, -0.2) is 29.7 Å². The minimum Gasteiger partial charge on any atom is -0.504 e. The van der Waals surface area contributed by atoms with Crippen molar-refractivity contribution in [2.45, 2.75) is 84.3 Å². The molecule has 4 heteroatoms. The molecule has 0 heterocycles. The van der Waals surface area contributed by atoms with Gasteiger partial charge in [0.2, 0.25) is 0 Å². The molecule has 0 aromatic heterocycles. The lowest BCUT2D eigenvalue weighted by molar-refractivity contribution is -0.146. The number of para-hydroxylation sites is 1. The molecule has 4 nitrogen and oxygen atoms in total. The summed E-state index contributed by atoms with van der Waals surface area (Å²) in [6.07, 6.45) is 10.8. The van der Waals surface area contributed by atoms with Gasteiger partial charge in [-0.05, 0) is 50.2 Å². The number of hydrogen-bond donors (Lipinski definition) is 2. The minimum absolute atomic E-state index is 0.0253. The first-order valence-corrected chi connectivity index (χ1v) is 9.92. The van der Waals surface area contributed by atoms with E-state index < -0.39 is 0 Å². The average molecular weight is 353 g/mol. The van der Waals surface area contributed by atoms with Gasteiger partial charge < -0.3 is 19.7 Å². The van der Waals surface area contributed by atoms with Crippen molar-refractivity contribution in [3.05, 3.63) is 23.8 Å². The maximum atomic E-state index is 9.77. The van der Waals surface area contributed by atoms with Crippen LogP contribution < -0.4 is 0 Å². The quantitative estimate of drug-likeness (QED) is 0.247. The molecule has 1 aromatic rings. The lowest BCUT2D eigenvalue weighted by Gasteiger charge is -2.18. The molecule has 0 aliphatic carbocycles. The highest BCUT2D eigenvalue weighted by Crippen LogP contribution is 2.29. The van der Waals surface area contributed by atoms with Crippen LogP contribution in [0, 0.1) is 0 Å². The summed E-state index contributed by atoms with van der Waals surface area (Å²) in [6, 6.07) is 5.17. The molecular weight excluding hydrogens is 316 g/mol. The van der Waals surface area contributed by atoms with E-state index in [1.54, 1.807) is 6.07 Å². The Balaban J connectivity index is 2.06. The fourth-order valence-corrected chi connectivity index (χ4v) is 2.83. The van der Waals surface area contributed by atoms with Crippen LogP contribution in [0.2, 0.25) is 0 Å². The number of unbranched alkanes of at least 4 members (excludes halogenated alkanes) is 5. The van der Waals surface area contributed by atoms with Gasteiger partial charge in [0, 0.05) is 13.2 Å². The average Bonchev–Trinajstić information content (AvgIpc) is 2.62.